The maximum absolute atomic E-state index is 13.5. The van der Waals surface area contributed by atoms with Crippen LogP contribution in [0.3, 0.4) is 0 Å². The van der Waals surface area contributed by atoms with E-state index in [-0.39, 0.29) is 22.7 Å². The van der Waals surface area contributed by atoms with Crippen LogP contribution in [0.25, 0.3) is 0 Å². The summed E-state index contributed by atoms with van der Waals surface area (Å²) in [5, 5.41) is 3.55. The van der Waals surface area contributed by atoms with E-state index in [9.17, 15) is 9.59 Å². The van der Waals surface area contributed by atoms with E-state index < -0.39 is 0 Å². The largest absolute Gasteiger partial charge is 0.353 e. The Kier molecular flexibility index (Phi) is 4.48. The highest BCUT2D eigenvalue weighted by molar-refractivity contribution is 5.89. The zero-order chi connectivity index (χ0) is 21.5. The van der Waals surface area contributed by atoms with Crippen molar-refractivity contribution >= 4 is 11.8 Å². The van der Waals surface area contributed by atoms with Gasteiger partial charge in [-0.3, -0.25) is 9.59 Å². The third kappa shape index (κ3) is 2.78. The highest BCUT2D eigenvalue weighted by atomic mass is 16.2. The molecule has 0 saturated heterocycles. The highest BCUT2D eigenvalue weighted by Crippen LogP contribution is 2.65. The van der Waals surface area contributed by atoms with Gasteiger partial charge in [-0.05, 0) is 98.9 Å². The normalized spacial score (nSPS) is 52.6. The van der Waals surface area contributed by atoms with E-state index in [0.29, 0.717) is 35.7 Å². The van der Waals surface area contributed by atoms with Crippen LogP contribution in [0.2, 0.25) is 0 Å². The Morgan fingerprint density at radius 2 is 1.87 bits per heavy atom. The van der Waals surface area contributed by atoms with Crippen LogP contribution >= 0.6 is 0 Å². The quantitative estimate of drug-likeness (QED) is 0.707. The highest BCUT2D eigenvalue weighted by Gasteiger charge is 2.61. The van der Waals surface area contributed by atoms with E-state index in [2.05, 4.69) is 25.2 Å². The van der Waals surface area contributed by atoms with Crippen LogP contribution in [0.4, 0.5) is 0 Å². The summed E-state index contributed by atoms with van der Waals surface area (Å²) in [5.74, 6) is 4.38. The number of rotatable bonds is 2. The van der Waals surface area contributed by atoms with Gasteiger partial charge in [-0.1, -0.05) is 26.3 Å². The molecule has 1 aliphatic heterocycles. The Morgan fingerprint density at radius 3 is 2.61 bits per heavy atom. The van der Waals surface area contributed by atoms with Crippen molar-refractivity contribution in [2.45, 2.75) is 90.1 Å². The third-order valence-electron chi connectivity index (χ3n) is 11.5. The second-order valence-electron chi connectivity index (χ2n) is 12.6. The minimum absolute atomic E-state index is 0.0936. The minimum Gasteiger partial charge on any atom is -0.353 e. The van der Waals surface area contributed by atoms with E-state index in [1.165, 1.54) is 51.4 Å². The molecule has 5 fully saturated rings. The molecule has 6 aliphatic rings. The van der Waals surface area contributed by atoms with Gasteiger partial charge in [0.05, 0.1) is 0 Å². The number of nitrogens with one attached hydrogen (secondary N) is 1. The molecule has 4 nitrogen and oxygen atoms in total. The lowest BCUT2D eigenvalue weighted by Crippen LogP contribution is -2.60. The summed E-state index contributed by atoms with van der Waals surface area (Å²) < 4.78 is 0. The minimum atomic E-state index is 0.0936. The van der Waals surface area contributed by atoms with E-state index in [1.54, 1.807) is 0 Å². The van der Waals surface area contributed by atoms with Gasteiger partial charge in [0.25, 0.3) is 0 Å². The van der Waals surface area contributed by atoms with Gasteiger partial charge in [0.15, 0.2) is 0 Å². The Labute approximate surface area is 187 Å². The fourth-order valence-electron chi connectivity index (χ4n) is 9.87. The zero-order valence-electron chi connectivity index (χ0n) is 19.6. The average Bonchev–Trinajstić information content (AvgIpc) is 3.44. The molecule has 2 amide bonds. The van der Waals surface area contributed by atoms with Crippen molar-refractivity contribution in [3.8, 4) is 0 Å². The van der Waals surface area contributed by atoms with Crippen LogP contribution < -0.4 is 5.32 Å². The first kappa shape index (κ1) is 20.3. The molecule has 0 aromatic heterocycles. The second kappa shape index (κ2) is 6.84. The van der Waals surface area contributed by atoms with Crippen molar-refractivity contribution < 1.29 is 9.59 Å². The van der Waals surface area contributed by atoms with Crippen LogP contribution in [0.5, 0.6) is 0 Å². The van der Waals surface area contributed by atoms with Gasteiger partial charge in [0.2, 0.25) is 11.8 Å². The van der Waals surface area contributed by atoms with Crippen LogP contribution in [0, 0.1) is 46.3 Å². The van der Waals surface area contributed by atoms with Crippen LogP contribution in [0.1, 0.15) is 78.1 Å². The fourth-order valence-corrected chi connectivity index (χ4v) is 9.87. The molecule has 5 unspecified atom stereocenters. The molecule has 1 heterocycles. The van der Waals surface area contributed by atoms with Crippen molar-refractivity contribution in [3.05, 3.63) is 12.2 Å². The molecular weight excluding hydrogens is 384 g/mol. The molecule has 170 valence electrons. The number of nitrogens with zero attached hydrogens (tertiary/aromatic N) is 1. The lowest BCUT2D eigenvalue weighted by atomic mass is 9.47. The molecule has 10 atom stereocenters. The molecule has 4 heteroatoms. The first-order valence-electron chi connectivity index (χ1n) is 13.1. The topological polar surface area (TPSA) is 49.4 Å². The first-order chi connectivity index (χ1) is 14.8. The molecule has 5 saturated carbocycles. The van der Waals surface area contributed by atoms with Crippen molar-refractivity contribution in [3.63, 3.8) is 0 Å². The zero-order valence-corrected chi connectivity index (χ0v) is 19.6. The molecule has 0 radical (unpaired) electrons. The Morgan fingerprint density at radius 1 is 1.03 bits per heavy atom. The summed E-state index contributed by atoms with van der Waals surface area (Å²) >= 11 is 0. The summed E-state index contributed by atoms with van der Waals surface area (Å²) in [7, 11) is 1.99. The fraction of sp³-hybridized carbons (Fsp3) is 0.852. The summed E-state index contributed by atoms with van der Waals surface area (Å²) in [6, 6.07) is 0.800. The predicted octanol–water partition coefficient (Wildman–Crippen LogP) is 4.55. The molecule has 0 spiro atoms. The van der Waals surface area contributed by atoms with Crippen LogP contribution in [-0.2, 0) is 9.59 Å². The number of amides is 2. The molecule has 5 aliphatic carbocycles. The van der Waals surface area contributed by atoms with E-state index in [0.717, 1.165) is 24.7 Å². The van der Waals surface area contributed by atoms with Gasteiger partial charge in [0.1, 0.15) is 0 Å². The monoisotopic (exact) mass is 424 g/mol. The van der Waals surface area contributed by atoms with E-state index in [4.69, 9.17) is 0 Å². The Bertz CT molecular complexity index is 822. The summed E-state index contributed by atoms with van der Waals surface area (Å²) in [4.78, 5) is 27.8. The van der Waals surface area contributed by atoms with Crippen LogP contribution in [0.15, 0.2) is 12.2 Å². The lowest BCUT2D eigenvalue weighted by Gasteiger charge is -2.60. The van der Waals surface area contributed by atoms with Gasteiger partial charge < -0.3 is 10.2 Å². The van der Waals surface area contributed by atoms with Gasteiger partial charge in [0, 0.05) is 30.5 Å². The smallest absolute Gasteiger partial charge is 0.246 e. The summed E-state index contributed by atoms with van der Waals surface area (Å²) in [6.07, 6.45) is 16.4. The van der Waals surface area contributed by atoms with E-state index >= 15 is 0 Å². The molecular formula is C27H40N2O2. The summed E-state index contributed by atoms with van der Waals surface area (Å²) in [5.41, 5.74) is 0.252. The molecule has 2 bridgehead atoms. The molecule has 0 aromatic carbocycles. The number of hydrogen-bond donors (Lipinski definition) is 1. The van der Waals surface area contributed by atoms with Crippen molar-refractivity contribution in [2.75, 3.05) is 7.05 Å². The number of fused-ring (bicyclic) bond motifs is 7. The number of carbonyl (C=O) groups excluding carboxylic acids is 2. The maximum atomic E-state index is 13.5. The molecule has 31 heavy (non-hydrogen) atoms. The maximum Gasteiger partial charge on any atom is 0.246 e. The molecule has 1 N–H and O–H groups in total. The first-order valence-corrected chi connectivity index (χ1v) is 13.1. The summed E-state index contributed by atoms with van der Waals surface area (Å²) in [6.45, 7) is 4.86. The average molecular weight is 425 g/mol. The lowest BCUT2D eigenvalue weighted by molar-refractivity contribution is -0.142. The van der Waals surface area contributed by atoms with Gasteiger partial charge in [-0.15, -0.1) is 0 Å². The van der Waals surface area contributed by atoms with Gasteiger partial charge in [-0.2, -0.15) is 0 Å². The predicted molar refractivity (Wildman–Crippen MR) is 121 cm³/mol. The number of hydrogen-bond acceptors (Lipinski definition) is 2. The van der Waals surface area contributed by atoms with Crippen LogP contribution in [-0.4, -0.2) is 35.8 Å². The number of likely N-dealkylation sites (N-methyl/N-ethyl adjacent to an activating group) is 1. The van der Waals surface area contributed by atoms with Crippen molar-refractivity contribution in [1.29, 1.82) is 0 Å². The molecule has 0 aromatic rings. The SMILES string of the molecule is CN1C(=O)C=C[C@@]2(C)C1CC[C@@H]1[C@H]2CC[C@]2(C)C(C(=O)NC3CC4CCC3C4)CC[C@@H]12. The van der Waals surface area contributed by atoms with Gasteiger partial charge in [-0.25, -0.2) is 0 Å². The van der Waals surface area contributed by atoms with Crippen molar-refractivity contribution in [1.82, 2.24) is 10.2 Å². The van der Waals surface area contributed by atoms with E-state index in [1.807, 2.05) is 18.0 Å². The second-order valence-corrected chi connectivity index (χ2v) is 12.6. The molecule has 6 rings (SSSR count). The Balaban J connectivity index is 1.21. The van der Waals surface area contributed by atoms with Gasteiger partial charge >= 0.3 is 0 Å². The number of carbonyl (C=O) groups is 2. The Hall–Kier alpha value is -1.32. The van der Waals surface area contributed by atoms with Crippen molar-refractivity contribution in [2.24, 2.45) is 46.3 Å². The standard InChI is InChI=1S/C27H40N2O2/c1-26-12-10-20-18(6-9-23-27(20,2)13-11-24(30)29(23)3)19(26)7-8-21(26)25(31)28-22-15-16-4-5-17(22)14-16/h11,13,16-23H,4-10,12,14-15H2,1-3H3,(H,28,31)/t16?,17?,18-,19-,20+,21?,22?,23?,26-,27+/m0/s1. The third-order valence-corrected chi connectivity index (χ3v) is 11.5.